The van der Waals surface area contributed by atoms with Crippen LogP contribution in [0.25, 0.3) is 0 Å². The van der Waals surface area contributed by atoms with Gasteiger partial charge in [-0.1, -0.05) is 26.7 Å². The lowest BCUT2D eigenvalue weighted by Gasteiger charge is -2.08. The van der Waals surface area contributed by atoms with Crippen LogP contribution in [0.15, 0.2) is 0 Å². The average Bonchev–Trinajstić information content (AvgIpc) is 2.13. The molecule has 0 saturated heterocycles. The Morgan fingerprint density at radius 3 is 2.25 bits per heavy atom. The largest absolute Gasteiger partial charge is 0.411 e. The molecule has 0 saturated carbocycles. The maximum atomic E-state index is 11.7. The molecule has 0 rings (SSSR count). The van der Waals surface area contributed by atoms with Crippen LogP contribution in [0, 0.1) is 0 Å². The van der Waals surface area contributed by atoms with Gasteiger partial charge in [-0.15, -0.1) is 0 Å². The Bertz CT molecular complexity index is 160. The fourth-order valence-electron chi connectivity index (χ4n) is 1.26. The molecule has 0 fully saturated rings. The number of rotatable bonds is 9. The van der Waals surface area contributed by atoms with Crippen LogP contribution in [-0.4, -0.2) is 32.0 Å². The van der Waals surface area contributed by atoms with Crippen molar-refractivity contribution >= 4 is 0 Å². The molecule has 0 atom stereocenters. The van der Waals surface area contributed by atoms with E-state index >= 15 is 0 Å². The number of ether oxygens (including phenoxy) is 1. The lowest BCUT2D eigenvalue weighted by Crippen LogP contribution is -2.23. The highest BCUT2D eigenvalue weighted by Crippen LogP contribution is 2.14. The summed E-state index contributed by atoms with van der Waals surface area (Å²) in [6.45, 7) is 4.23. The average molecular weight is 241 g/mol. The molecule has 1 N–H and O–H groups in total. The summed E-state index contributed by atoms with van der Waals surface area (Å²) >= 11 is 0. The van der Waals surface area contributed by atoms with E-state index in [9.17, 15) is 13.2 Å². The van der Waals surface area contributed by atoms with Gasteiger partial charge in [0.1, 0.15) is 6.61 Å². The molecule has 0 bridgehead atoms. The third-order valence-corrected chi connectivity index (χ3v) is 2.03. The number of alkyl halides is 3. The third-order valence-electron chi connectivity index (χ3n) is 2.03. The minimum absolute atomic E-state index is 0.205. The molecule has 0 aromatic heterocycles. The molecule has 0 unspecified atom stereocenters. The molecule has 0 radical (unpaired) electrons. The first kappa shape index (κ1) is 15.7. The van der Waals surface area contributed by atoms with Crippen LogP contribution >= 0.6 is 0 Å². The highest BCUT2D eigenvalue weighted by atomic mass is 19.4. The summed E-state index contributed by atoms with van der Waals surface area (Å²) in [7, 11) is 0. The highest BCUT2D eigenvalue weighted by Gasteiger charge is 2.26. The van der Waals surface area contributed by atoms with Gasteiger partial charge in [0.25, 0.3) is 0 Å². The molecule has 0 aliphatic rings. The van der Waals surface area contributed by atoms with E-state index in [1.165, 1.54) is 0 Å². The van der Waals surface area contributed by atoms with Crippen LogP contribution < -0.4 is 5.32 Å². The lowest BCUT2D eigenvalue weighted by molar-refractivity contribution is -0.174. The molecule has 98 valence electrons. The molecule has 0 aromatic rings. The van der Waals surface area contributed by atoms with Crippen LogP contribution in [-0.2, 0) is 4.74 Å². The molecular weight excluding hydrogens is 219 g/mol. The van der Waals surface area contributed by atoms with Crippen LogP contribution in [0.1, 0.15) is 39.5 Å². The third kappa shape index (κ3) is 13.7. The van der Waals surface area contributed by atoms with Crippen molar-refractivity contribution < 1.29 is 17.9 Å². The zero-order valence-corrected chi connectivity index (χ0v) is 10.1. The van der Waals surface area contributed by atoms with Gasteiger partial charge in [-0.2, -0.15) is 13.2 Å². The summed E-state index contributed by atoms with van der Waals surface area (Å²) in [5, 5.41) is 3.29. The van der Waals surface area contributed by atoms with Crippen molar-refractivity contribution in [2.24, 2.45) is 0 Å². The SMILES string of the molecule is CC(C)NCCCCCCOCC(F)(F)F. The number of nitrogens with one attached hydrogen (secondary N) is 1. The van der Waals surface area contributed by atoms with Gasteiger partial charge in [-0.25, -0.2) is 0 Å². The maximum absolute atomic E-state index is 11.7. The fourth-order valence-corrected chi connectivity index (χ4v) is 1.26. The number of hydrogen-bond acceptors (Lipinski definition) is 2. The topological polar surface area (TPSA) is 21.3 Å². The summed E-state index contributed by atoms with van der Waals surface area (Å²) in [6.07, 6.45) is -0.455. The molecule has 0 aliphatic carbocycles. The quantitative estimate of drug-likeness (QED) is 0.626. The second kappa shape index (κ2) is 8.82. The van der Waals surface area contributed by atoms with E-state index in [4.69, 9.17) is 0 Å². The maximum Gasteiger partial charge on any atom is 0.411 e. The zero-order valence-electron chi connectivity index (χ0n) is 10.1. The van der Waals surface area contributed by atoms with Gasteiger partial charge in [-0.05, 0) is 19.4 Å². The predicted molar refractivity (Wildman–Crippen MR) is 58.5 cm³/mol. The van der Waals surface area contributed by atoms with E-state index in [2.05, 4.69) is 23.9 Å². The van der Waals surface area contributed by atoms with Gasteiger partial charge >= 0.3 is 6.18 Å². The molecule has 0 aromatic carbocycles. The minimum atomic E-state index is -4.19. The Kier molecular flexibility index (Phi) is 8.66. The molecule has 16 heavy (non-hydrogen) atoms. The summed E-state index contributed by atoms with van der Waals surface area (Å²) < 4.78 is 39.5. The zero-order chi connectivity index (χ0) is 12.4. The Balaban J connectivity index is 3.05. The van der Waals surface area contributed by atoms with E-state index in [-0.39, 0.29) is 6.61 Å². The smallest absolute Gasteiger partial charge is 0.372 e. The normalized spacial score (nSPS) is 12.4. The molecular formula is C11H22F3NO. The molecule has 0 aliphatic heterocycles. The number of hydrogen-bond donors (Lipinski definition) is 1. The van der Waals surface area contributed by atoms with E-state index in [1.54, 1.807) is 0 Å². The second-order valence-corrected chi connectivity index (χ2v) is 4.19. The first-order chi connectivity index (χ1) is 7.42. The predicted octanol–water partition coefficient (Wildman–Crippen LogP) is 3.12. The van der Waals surface area contributed by atoms with Gasteiger partial charge in [0.2, 0.25) is 0 Å². The van der Waals surface area contributed by atoms with E-state index in [0.717, 1.165) is 25.8 Å². The Morgan fingerprint density at radius 2 is 1.69 bits per heavy atom. The van der Waals surface area contributed by atoms with Gasteiger partial charge in [0.15, 0.2) is 0 Å². The van der Waals surface area contributed by atoms with Crippen LogP contribution in [0.3, 0.4) is 0 Å². The van der Waals surface area contributed by atoms with Gasteiger partial charge in [0.05, 0.1) is 0 Å². The fraction of sp³-hybridized carbons (Fsp3) is 1.00. The first-order valence-electron chi connectivity index (χ1n) is 5.79. The molecule has 5 heteroatoms. The van der Waals surface area contributed by atoms with Crippen molar-refractivity contribution in [3.05, 3.63) is 0 Å². The van der Waals surface area contributed by atoms with Gasteiger partial charge in [0, 0.05) is 12.6 Å². The second-order valence-electron chi connectivity index (χ2n) is 4.19. The van der Waals surface area contributed by atoms with E-state index in [0.29, 0.717) is 12.5 Å². The lowest BCUT2D eigenvalue weighted by atomic mass is 10.2. The van der Waals surface area contributed by atoms with Crippen molar-refractivity contribution in [3.8, 4) is 0 Å². The van der Waals surface area contributed by atoms with Crippen LogP contribution in [0.2, 0.25) is 0 Å². The Morgan fingerprint density at radius 1 is 1.06 bits per heavy atom. The Hall–Kier alpha value is -0.290. The number of unbranched alkanes of at least 4 members (excludes halogenated alkanes) is 3. The molecule has 2 nitrogen and oxygen atoms in total. The molecule has 0 spiro atoms. The van der Waals surface area contributed by atoms with E-state index in [1.807, 2.05) is 0 Å². The summed E-state index contributed by atoms with van der Waals surface area (Å²) in [4.78, 5) is 0. The van der Waals surface area contributed by atoms with Crippen LogP contribution in [0.5, 0.6) is 0 Å². The minimum Gasteiger partial charge on any atom is -0.372 e. The van der Waals surface area contributed by atoms with Crippen molar-refractivity contribution in [2.75, 3.05) is 19.8 Å². The van der Waals surface area contributed by atoms with Crippen LogP contribution in [0.4, 0.5) is 13.2 Å². The van der Waals surface area contributed by atoms with Gasteiger partial charge in [-0.3, -0.25) is 0 Å². The summed E-state index contributed by atoms with van der Waals surface area (Å²) in [6, 6.07) is 0.495. The monoisotopic (exact) mass is 241 g/mol. The number of halogens is 3. The first-order valence-corrected chi connectivity index (χ1v) is 5.79. The van der Waals surface area contributed by atoms with Crippen molar-refractivity contribution in [2.45, 2.75) is 51.7 Å². The molecule has 0 heterocycles. The summed E-state index contributed by atoms with van der Waals surface area (Å²) in [5.41, 5.74) is 0. The van der Waals surface area contributed by atoms with E-state index < -0.39 is 12.8 Å². The van der Waals surface area contributed by atoms with Crippen molar-refractivity contribution in [1.82, 2.24) is 5.32 Å². The highest BCUT2D eigenvalue weighted by molar-refractivity contribution is 4.53. The standard InChI is InChI=1S/C11H22F3NO/c1-10(2)15-7-5-3-4-6-8-16-9-11(12,13)14/h10,15H,3-9H2,1-2H3. The van der Waals surface area contributed by atoms with Gasteiger partial charge < -0.3 is 10.1 Å². The summed E-state index contributed by atoms with van der Waals surface area (Å²) in [5.74, 6) is 0. The van der Waals surface area contributed by atoms with Crippen molar-refractivity contribution in [3.63, 3.8) is 0 Å². The van der Waals surface area contributed by atoms with Crippen molar-refractivity contribution in [1.29, 1.82) is 0 Å². The Labute approximate surface area is 95.5 Å². The molecule has 0 amide bonds.